The van der Waals surface area contributed by atoms with Gasteiger partial charge in [0, 0.05) is 0 Å². The zero-order valence-corrected chi connectivity index (χ0v) is 14.4. The normalized spacial score (nSPS) is 13.0. The lowest BCUT2D eigenvalue weighted by Gasteiger charge is -2.22. The monoisotopic (exact) mass is 330 g/mol. The molecule has 0 aliphatic rings. The third-order valence-corrected chi connectivity index (χ3v) is 5.01. The van der Waals surface area contributed by atoms with Crippen LogP contribution in [0, 0.1) is 24.7 Å². The van der Waals surface area contributed by atoms with Crippen LogP contribution in [0.3, 0.4) is 0 Å². The lowest BCUT2D eigenvalue weighted by Crippen LogP contribution is -2.09. The summed E-state index contributed by atoms with van der Waals surface area (Å²) >= 11 is 0. The van der Waals surface area contributed by atoms with Gasteiger partial charge in [0.1, 0.15) is 0 Å². The first-order valence-corrected chi connectivity index (χ1v) is 8.71. The van der Waals surface area contributed by atoms with Crippen molar-refractivity contribution in [1.29, 1.82) is 0 Å². The maximum atomic E-state index is 6.01. The van der Waals surface area contributed by atoms with Crippen molar-refractivity contribution in [2.24, 2.45) is 0 Å². The summed E-state index contributed by atoms with van der Waals surface area (Å²) in [5.74, 6) is 5.60. The molecule has 0 heterocycles. The number of benzene rings is 4. The van der Waals surface area contributed by atoms with Gasteiger partial charge in [-0.1, -0.05) is 96.8 Å². The third-order valence-electron chi connectivity index (χ3n) is 5.01. The summed E-state index contributed by atoms with van der Waals surface area (Å²) in [7, 11) is 0. The van der Waals surface area contributed by atoms with Gasteiger partial charge in [-0.3, -0.25) is 0 Å². The van der Waals surface area contributed by atoms with Gasteiger partial charge in [0.15, 0.2) is 0 Å². The van der Waals surface area contributed by atoms with Gasteiger partial charge in [-0.15, -0.1) is 12.8 Å². The minimum atomic E-state index is -0.183. The first kappa shape index (κ1) is 16.0. The van der Waals surface area contributed by atoms with Crippen molar-refractivity contribution >= 4 is 21.5 Å². The van der Waals surface area contributed by atoms with Crippen molar-refractivity contribution < 1.29 is 0 Å². The zero-order chi connectivity index (χ0) is 17.9. The van der Waals surface area contributed by atoms with Gasteiger partial charge < -0.3 is 0 Å². The van der Waals surface area contributed by atoms with Crippen LogP contribution in [-0.2, 0) is 0 Å². The number of hydrogen-bond acceptors (Lipinski definition) is 0. The Morgan fingerprint density at radius 3 is 1.31 bits per heavy atom. The molecule has 0 fully saturated rings. The molecule has 4 rings (SSSR count). The molecule has 0 nitrogen and oxygen atoms in total. The van der Waals surface area contributed by atoms with Crippen LogP contribution < -0.4 is 0 Å². The van der Waals surface area contributed by atoms with Crippen molar-refractivity contribution in [1.82, 2.24) is 0 Å². The van der Waals surface area contributed by atoms with Gasteiger partial charge in [0.25, 0.3) is 0 Å². The van der Waals surface area contributed by atoms with Crippen LogP contribution in [0.25, 0.3) is 21.5 Å². The first-order chi connectivity index (χ1) is 12.8. The average Bonchev–Trinajstić information content (AvgIpc) is 2.71. The smallest absolute Gasteiger partial charge is 0.0634 e. The maximum Gasteiger partial charge on any atom is 0.0634 e. The van der Waals surface area contributed by atoms with Crippen LogP contribution in [0.15, 0.2) is 84.9 Å². The predicted molar refractivity (Wildman–Crippen MR) is 111 cm³/mol. The molecule has 122 valence electrons. The molecular formula is C26H18. The van der Waals surface area contributed by atoms with Crippen molar-refractivity contribution in [3.8, 4) is 24.7 Å². The van der Waals surface area contributed by atoms with Crippen LogP contribution in [0.5, 0.6) is 0 Å². The molecule has 0 unspecified atom stereocenters. The van der Waals surface area contributed by atoms with E-state index >= 15 is 0 Å². The Hall–Kier alpha value is -3.48. The molecule has 0 aliphatic carbocycles. The largest absolute Gasteiger partial charge is 0.119 e. The molecule has 0 saturated heterocycles. The molecule has 26 heavy (non-hydrogen) atoms. The van der Waals surface area contributed by atoms with Crippen LogP contribution in [0.2, 0.25) is 0 Å². The van der Waals surface area contributed by atoms with Gasteiger partial charge in [0.05, 0.1) is 11.8 Å². The molecule has 0 spiro atoms. The molecule has 4 aromatic carbocycles. The molecule has 2 atom stereocenters. The molecule has 0 aliphatic heterocycles. The fraction of sp³-hybridized carbons (Fsp3) is 0.0769. The fourth-order valence-electron chi connectivity index (χ4n) is 3.77. The van der Waals surface area contributed by atoms with Crippen molar-refractivity contribution in [3.63, 3.8) is 0 Å². The van der Waals surface area contributed by atoms with Gasteiger partial charge in [-0.25, -0.2) is 0 Å². The molecule has 4 aromatic rings. The molecule has 0 radical (unpaired) electrons. The van der Waals surface area contributed by atoms with E-state index in [0.29, 0.717) is 0 Å². The van der Waals surface area contributed by atoms with Gasteiger partial charge in [-0.2, -0.15) is 0 Å². The second-order valence-electron chi connectivity index (χ2n) is 6.43. The van der Waals surface area contributed by atoms with Gasteiger partial charge in [0.2, 0.25) is 0 Å². The highest BCUT2D eigenvalue weighted by Gasteiger charge is 2.24. The summed E-state index contributed by atoms with van der Waals surface area (Å²) in [4.78, 5) is 0. The lowest BCUT2D eigenvalue weighted by atomic mass is 9.79. The summed E-state index contributed by atoms with van der Waals surface area (Å²) in [6.07, 6.45) is 12.0. The Balaban J connectivity index is 1.92. The van der Waals surface area contributed by atoms with Crippen LogP contribution in [0.1, 0.15) is 23.0 Å². The van der Waals surface area contributed by atoms with Gasteiger partial charge >= 0.3 is 0 Å². The molecular weight excluding hydrogens is 312 g/mol. The van der Waals surface area contributed by atoms with Crippen LogP contribution in [0.4, 0.5) is 0 Å². The van der Waals surface area contributed by atoms with E-state index in [1.165, 1.54) is 21.5 Å². The minimum absolute atomic E-state index is 0.183. The Labute approximate surface area is 154 Å². The Kier molecular flexibility index (Phi) is 4.18. The predicted octanol–water partition coefficient (Wildman–Crippen LogP) is 6.13. The molecule has 0 bridgehead atoms. The first-order valence-electron chi connectivity index (χ1n) is 8.71. The Morgan fingerprint density at radius 1 is 0.500 bits per heavy atom. The summed E-state index contributed by atoms with van der Waals surface area (Å²) in [6, 6.07) is 29.1. The van der Waals surface area contributed by atoms with Crippen LogP contribution in [-0.4, -0.2) is 0 Å². The quantitative estimate of drug-likeness (QED) is 0.397. The number of terminal acetylenes is 2. The topological polar surface area (TPSA) is 0 Å². The standard InChI is InChI=1S/C26H18/c1-3-21(25-17-9-13-19-11-5-7-15-23(19)25)22(4-2)26-18-10-14-20-12-6-8-16-24(20)26/h1-2,5-18,21-22H/t21-,22-/m1/s1. The second kappa shape index (κ2) is 6.79. The summed E-state index contributed by atoms with van der Waals surface area (Å²) in [5, 5.41) is 4.69. The summed E-state index contributed by atoms with van der Waals surface area (Å²) < 4.78 is 0. The molecule has 0 N–H and O–H groups in total. The number of fused-ring (bicyclic) bond motifs is 2. The Bertz CT molecular complexity index is 1060. The Morgan fingerprint density at radius 2 is 0.885 bits per heavy atom. The lowest BCUT2D eigenvalue weighted by molar-refractivity contribution is 0.793. The van der Waals surface area contributed by atoms with Gasteiger partial charge in [-0.05, 0) is 32.7 Å². The number of hydrogen-bond donors (Lipinski definition) is 0. The SMILES string of the molecule is C#C[C@@H](c1cccc2ccccc12)[C@@H](C#C)c1cccc2ccccc12. The summed E-state index contributed by atoms with van der Waals surface area (Å²) in [6.45, 7) is 0. The highest BCUT2D eigenvalue weighted by atomic mass is 14.2. The maximum absolute atomic E-state index is 6.01. The fourth-order valence-corrected chi connectivity index (χ4v) is 3.77. The van der Waals surface area contributed by atoms with E-state index in [2.05, 4.69) is 72.5 Å². The van der Waals surface area contributed by atoms with E-state index in [9.17, 15) is 0 Å². The minimum Gasteiger partial charge on any atom is -0.119 e. The second-order valence-corrected chi connectivity index (χ2v) is 6.43. The van der Waals surface area contributed by atoms with E-state index in [1.807, 2.05) is 24.3 Å². The molecule has 0 amide bonds. The summed E-state index contributed by atoms with van der Waals surface area (Å²) in [5.41, 5.74) is 2.22. The van der Waals surface area contributed by atoms with E-state index in [4.69, 9.17) is 12.8 Å². The molecule has 0 heteroatoms. The molecule has 0 aromatic heterocycles. The van der Waals surface area contributed by atoms with Crippen molar-refractivity contribution in [3.05, 3.63) is 96.1 Å². The third kappa shape index (κ3) is 2.63. The zero-order valence-electron chi connectivity index (χ0n) is 14.4. The van der Waals surface area contributed by atoms with E-state index in [1.54, 1.807) is 0 Å². The average molecular weight is 330 g/mol. The van der Waals surface area contributed by atoms with Crippen molar-refractivity contribution in [2.75, 3.05) is 0 Å². The van der Waals surface area contributed by atoms with Crippen LogP contribution >= 0.6 is 0 Å². The van der Waals surface area contributed by atoms with Crippen molar-refractivity contribution in [2.45, 2.75) is 11.8 Å². The molecule has 0 saturated carbocycles. The number of rotatable bonds is 3. The van der Waals surface area contributed by atoms with E-state index in [-0.39, 0.29) is 11.8 Å². The highest BCUT2D eigenvalue weighted by Crippen LogP contribution is 2.38. The van der Waals surface area contributed by atoms with E-state index in [0.717, 1.165) is 11.1 Å². The van der Waals surface area contributed by atoms with E-state index < -0.39 is 0 Å². The highest BCUT2D eigenvalue weighted by molar-refractivity contribution is 5.89.